The van der Waals surface area contributed by atoms with Crippen LogP contribution in [0.25, 0.3) is 0 Å². The van der Waals surface area contributed by atoms with E-state index in [1.165, 1.54) is 13.5 Å². The van der Waals surface area contributed by atoms with E-state index in [-0.39, 0.29) is 5.97 Å². The van der Waals surface area contributed by atoms with Gasteiger partial charge in [-0.05, 0) is 44.7 Å². The van der Waals surface area contributed by atoms with Crippen molar-refractivity contribution in [3.63, 3.8) is 0 Å². The molecule has 0 radical (unpaired) electrons. The molecule has 0 spiro atoms. The Bertz CT molecular complexity index is 296. The van der Waals surface area contributed by atoms with E-state index in [2.05, 4.69) is 31.0 Å². The predicted molar refractivity (Wildman–Crippen MR) is 78.1 cm³/mol. The van der Waals surface area contributed by atoms with Crippen molar-refractivity contribution in [2.24, 2.45) is 11.8 Å². The first-order valence-corrected chi connectivity index (χ1v) is 7.48. The lowest BCUT2D eigenvalue weighted by Gasteiger charge is -2.40. The smallest absolute Gasteiger partial charge is 0.327 e. The van der Waals surface area contributed by atoms with Gasteiger partial charge in [0.25, 0.3) is 0 Å². The molecule has 0 aromatic heterocycles. The summed E-state index contributed by atoms with van der Waals surface area (Å²) >= 11 is 0. The van der Waals surface area contributed by atoms with Crippen molar-refractivity contribution < 1.29 is 9.53 Å². The second kappa shape index (κ2) is 7.25. The molecule has 3 unspecified atom stereocenters. The van der Waals surface area contributed by atoms with Crippen LogP contribution in [-0.2, 0) is 9.53 Å². The Morgan fingerprint density at radius 2 is 2.11 bits per heavy atom. The fourth-order valence-electron chi connectivity index (χ4n) is 2.76. The highest BCUT2D eigenvalue weighted by molar-refractivity contribution is 5.80. The molecular formula is C15H30N2O2. The summed E-state index contributed by atoms with van der Waals surface area (Å²) in [6.45, 7) is 12.4. The van der Waals surface area contributed by atoms with Gasteiger partial charge in [0.05, 0.1) is 7.11 Å². The highest BCUT2D eigenvalue weighted by Gasteiger charge is 2.37. The minimum absolute atomic E-state index is 0.160. The molecule has 112 valence electrons. The molecule has 0 aromatic rings. The maximum Gasteiger partial charge on any atom is 0.327 e. The van der Waals surface area contributed by atoms with Crippen molar-refractivity contribution >= 4 is 5.97 Å². The number of esters is 1. The van der Waals surface area contributed by atoms with Crippen molar-refractivity contribution in [1.29, 1.82) is 0 Å². The van der Waals surface area contributed by atoms with Crippen molar-refractivity contribution in [1.82, 2.24) is 10.2 Å². The SMILES string of the molecule is CCCNC(C)(CN1CCC(C)C(C)C1)C(=O)OC. The number of carbonyl (C=O) groups is 1. The van der Waals surface area contributed by atoms with Crippen LogP contribution in [0.15, 0.2) is 0 Å². The van der Waals surface area contributed by atoms with Crippen LogP contribution in [0.4, 0.5) is 0 Å². The van der Waals surface area contributed by atoms with Crippen LogP contribution in [0.5, 0.6) is 0 Å². The molecule has 1 fully saturated rings. The van der Waals surface area contributed by atoms with Crippen molar-refractivity contribution in [3.8, 4) is 0 Å². The molecule has 0 amide bonds. The largest absolute Gasteiger partial charge is 0.468 e. The number of nitrogens with one attached hydrogen (secondary N) is 1. The number of piperidine rings is 1. The number of hydrogen-bond acceptors (Lipinski definition) is 4. The van der Waals surface area contributed by atoms with Gasteiger partial charge in [0, 0.05) is 13.1 Å². The third kappa shape index (κ3) is 4.46. The molecule has 3 atom stereocenters. The van der Waals surface area contributed by atoms with Gasteiger partial charge >= 0.3 is 5.97 Å². The van der Waals surface area contributed by atoms with Crippen LogP contribution in [0.1, 0.15) is 40.5 Å². The molecule has 4 nitrogen and oxygen atoms in total. The Hall–Kier alpha value is -0.610. The summed E-state index contributed by atoms with van der Waals surface area (Å²) in [7, 11) is 1.47. The first-order valence-electron chi connectivity index (χ1n) is 7.48. The van der Waals surface area contributed by atoms with E-state index in [0.29, 0.717) is 5.92 Å². The average Bonchev–Trinajstić information content (AvgIpc) is 2.39. The summed E-state index contributed by atoms with van der Waals surface area (Å²) in [6, 6.07) is 0. The highest BCUT2D eigenvalue weighted by atomic mass is 16.5. The summed E-state index contributed by atoms with van der Waals surface area (Å²) < 4.78 is 4.97. The third-order valence-corrected chi connectivity index (χ3v) is 4.36. The number of methoxy groups -OCH3 is 1. The Kier molecular flexibility index (Phi) is 6.27. The first-order chi connectivity index (χ1) is 8.92. The second-order valence-corrected chi connectivity index (χ2v) is 6.23. The number of likely N-dealkylation sites (tertiary alicyclic amines) is 1. The van der Waals surface area contributed by atoms with Crippen molar-refractivity contribution in [2.45, 2.75) is 46.1 Å². The first kappa shape index (κ1) is 16.4. The molecule has 0 bridgehead atoms. The Balaban J connectivity index is 2.64. The van der Waals surface area contributed by atoms with Crippen molar-refractivity contribution in [3.05, 3.63) is 0 Å². The van der Waals surface area contributed by atoms with Gasteiger partial charge in [-0.25, -0.2) is 0 Å². The number of nitrogens with zero attached hydrogens (tertiary/aromatic N) is 1. The lowest BCUT2D eigenvalue weighted by atomic mass is 9.87. The topological polar surface area (TPSA) is 41.6 Å². The van der Waals surface area contributed by atoms with Gasteiger partial charge in [-0.2, -0.15) is 0 Å². The fourth-order valence-corrected chi connectivity index (χ4v) is 2.76. The van der Waals surface area contributed by atoms with E-state index < -0.39 is 5.54 Å². The summed E-state index contributed by atoms with van der Waals surface area (Å²) in [4.78, 5) is 14.4. The number of rotatable bonds is 6. The summed E-state index contributed by atoms with van der Waals surface area (Å²) in [5, 5.41) is 3.35. The van der Waals surface area contributed by atoms with E-state index >= 15 is 0 Å². The van der Waals surface area contributed by atoms with Crippen LogP contribution in [0.3, 0.4) is 0 Å². The van der Waals surface area contributed by atoms with Crippen molar-refractivity contribution in [2.75, 3.05) is 33.3 Å². The zero-order valence-corrected chi connectivity index (χ0v) is 13.2. The van der Waals surface area contributed by atoms with Crippen LogP contribution < -0.4 is 5.32 Å². The molecule has 1 aliphatic heterocycles. The van der Waals surface area contributed by atoms with Gasteiger partial charge in [0.2, 0.25) is 0 Å². The predicted octanol–water partition coefficient (Wildman–Crippen LogP) is 1.90. The van der Waals surface area contributed by atoms with Crippen LogP contribution in [-0.4, -0.2) is 49.7 Å². The molecule has 1 N–H and O–H groups in total. The van der Waals surface area contributed by atoms with E-state index in [9.17, 15) is 4.79 Å². The molecule has 19 heavy (non-hydrogen) atoms. The van der Waals surface area contributed by atoms with E-state index in [0.717, 1.165) is 38.5 Å². The van der Waals surface area contributed by atoms with E-state index in [1.54, 1.807) is 0 Å². The van der Waals surface area contributed by atoms with Crippen LogP contribution in [0.2, 0.25) is 0 Å². The molecule has 1 heterocycles. The summed E-state index contributed by atoms with van der Waals surface area (Å²) in [5.41, 5.74) is -0.592. The maximum atomic E-state index is 12.0. The zero-order chi connectivity index (χ0) is 14.5. The summed E-state index contributed by atoms with van der Waals surface area (Å²) in [6.07, 6.45) is 2.23. The number of ether oxygens (including phenoxy) is 1. The van der Waals surface area contributed by atoms with Gasteiger partial charge in [0.1, 0.15) is 5.54 Å². The molecule has 0 aliphatic carbocycles. The van der Waals surface area contributed by atoms with E-state index in [4.69, 9.17) is 4.74 Å². The quantitative estimate of drug-likeness (QED) is 0.749. The van der Waals surface area contributed by atoms with Gasteiger partial charge in [0.15, 0.2) is 0 Å². The van der Waals surface area contributed by atoms with Gasteiger partial charge < -0.3 is 15.0 Å². The summed E-state index contributed by atoms with van der Waals surface area (Å²) in [5.74, 6) is 1.32. The minimum atomic E-state index is -0.592. The molecule has 1 saturated heterocycles. The van der Waals surface area contributed by atoms with E-state index in [1.807, 2.05) is 6.92 Å². The third-order valence-electron chi connectivity index (χ3n) is 4.36. The van der Waals surface area contributed by atoms with Crippen LogP contribution >= 0.6 is 0 Å². The highest BCUT2D eigenvalue weighted by Crippen LogP contribution is 2.24. The zero-order valence-electron chi connectivity index (χ0n) is 13.2. The Morgan fingerprint density at radius 3 is 2.63 bits per heavy atom. The maximum absolute atomic E-state index is 12.0. The Morgan fingerprint density at radius 1 is 1.42 bits per heavy atom. The normalized spacial score (nSPS) is 27.8. The molecule has 1 aliphatic rings. The second-order valence-electron chi connectivity index (χ2n) is 6.23. The minimum Gasteiger partial charge on any atom is -0.468 e. The number of carbonyl (C=O) groups excluding carboxylic acids is 1. The molecule has 0 aromatic carbocycles. The standard InChI is InChI=1S/C15H30N2O2/c1-6-8-16-15(4,14(18)19-5)11-17-9-7-12(2)13(3)10-17/h12-13,16H,6-11H2,1-5H3. The molecule has 1 rings (SSSR count). The molecule has 0 saturated carbocycles. The van der Waals surface area contributed by atoms with Crippen LogP contribution in [0, 0.1) is 11.8 Å². The fraction of sp³-hybridized carbons (Fsp3) is 0.933. The van der Waals surface area contributed by atoms with Gasteiger partial charge in [-0.3, -0.25) is 4.79 Å². The molecular weight excluding hydrogens is 240 g/mol. The number of hydrogen-bond donors (Lipinski definition) is 1. The lowest BCUT2D eigenvalue weighted by molar-refractivity contribution is -0.149. The monoisotopic (exact) mass is 270 g/mol. The van der Waals surface area contributed by atoms with Gasteiger partial charge in [-0.15, -0.1) is 0 Å². The Labute approximate surface area is 117 Å². The average molecular weight is 270 g/mol. The lowest BCUT2D eigenvalue weighted by Crippen LogP contribution is -2.59. The molecule has 4 heteroatoms. The van der Waals surface area contributed by atoms with Gasteiger partial charge in [-0.1, -0.05) is 20.8 Å².